The first kappa shape index (κ1) is 12.8. The van der Waals surface area contributed by atoms with Crippen LogP contribution in [0.2, 0.25) is 5.02 Å². The van der Waals surface area contributed by atoms with Gasteiger partial charge in [-0.25, -0.2) is 4.79 Å². The summed E-state index contributed by atoms with van der Waals surface area (Å²) >= 11 is 5.85. The number of aromatic hydroxyl groups is 1. The van der Waals surface area contributed by atoms with E-state index in [1.807, 2.05) is 4.57 Å². The Kier molecular flexibility index (Phi) is 3.23. The standard InChI is InChI=1S/C13H13ClN4O2/c14-8-3-1-4-9(7-8)15-13(20)17-12-16-11(19)10-5-2-6-18(10)12/h1,3-4,7,19H,2,5-6H2,(H2,15,16,17,20). The average Bonchev–Trinajstić information content (AvgIpc) is 2.95. The van der Waals surface area contributed by atoms with Gasteiger partial charge in [-0.2, -0.15) is 4.98 Å². The lowest BCUT2D eigenvalue weighted by Gasteiger charge is -2.08. The largest absolute Gasteiger partial charge is 0.492 e. The third-order valence-corrected chi connectivity index (χ3v) is 3.39. The van der Waals surface area contributed by atoms with Crippen LogP contribution in [-0.2, 0) is 13.0 Å². The molecular formula is C13H13ClN4O2. The number of carbonyl (C=O) groups is 1. The van der Waals surface area contributed by atoms with E-state index in [0.29, 0.717) is 16.7 Å². The zero-order chi connectivity index (χ0) is 14.1. The summed E-state index contributed by atoms with van der Waals surface area (Å²) in [7, 11) is 0. The van der Waals surface area contributed by atoms with Crippen LogP contribution in [0.25, 0.3) is 0 Å². The molecule has 0 bridgehead atoms. The van der Waals surface area contributed by atoms with Gasteiger partial charge in [0.15, 0.2) is 0 Å². The second kappa shape index (κ2) is 5.05. The van der Waals surface area contributed by atoms with Crippen molar-refractivity contribution >= 4 is 29.3 Å². The number of benzene rings is 1. The molecule has 0 radical (unpaired) electrons. The van der Waals surface area contributed by atoms with Crippen molar-refractivity contribution in [3.8, 4) is 5.88 Å². The van der Waals surface area contributed by atoms with E-state index < -0.39 is 6.03 Å². The first-order valence-corrected chi connectivity index (χ1v) is 6.63. The fourth-order valence-corrected chi connectivity index (χ4v) is 2.48. The molecule has 1 aromatic carbocycles. The zero-order valence-electron chi connectivity index (χ0n) is 10.6. The minimum atomic E-state index is -0.424. The van der Waals surface area contributed by atoms with Gasteiger partial charge in [-0.15, -0.1) is 0 Å². The normalized spacial score (nSPS) is 13.1. The van der Waals surface area contributed by atoms with Crippen molar-refractivity contribution in [1.82, 2.24) is 9.55 Å². The van der Waals surface area contributed by atoms with Crippen LogP contribution in [-0.4, -0.2) is 20.7 Å². The van der Waals surface area contributed by atoms with E-state index in [4.69, 9.17) is 11.6 Å². The van der Waals surface area contributed by atoms with E-state index in [2.05, 4.69) is 15.6 Å². The highest BCUT2D eigenvalue weighted by molar-refractivity contribution is 6.30. The van der Waals surface area contributed by atoms with Crippen LogP contribution in [0.5, 0.6) is 5.88 Å². The van der Waals surface area contributed by atoms with E-state index in [0.717, 1.165) is 25.1 Å². The smallest absolute Gasteiger partial charge is 0.326 e. The van der Waals surface area contributed by atoms with Crippen molar-refractivity contribution in [2.24, 2.45) is 0 Å². The molecule has 1 aromatic heterocycles. The summed E-state index contributed by atoms with van der Waals surface area (Å²) in [5.74, 6) is 0.343. The first-order valence-electron chi connectivity index (χ1n) is 6.25. The van der Waals surface area contributed by atoms with Crippen LogP contribution in [0.1, 0.15) is 12.1 Å². The second-order valence-electron chi connectivity index (χ2n) is 4.55. The molecule has 2 amide bonds. The van der Waals surface area contributed by atoms with Crippen molar-refractivity contribution in [3.63, 3.8) is 0 Å². The number of amides is 2. The van der Waals surface area contributed by atoms with Crippen LogP contribution in [0.15, 0.2) is 24.3 Å². The Bertz CT molecular complexity index is 668. The van der Waals surface area contributed by atoms with Crippen LogP contribution < -0.4 is 10.6 Å². The number of nitrogens with one attached hydrogen (secondary N) is 2. The van der Waals surface area contributed by atoms with Crippen LogP contribution in [0.4, 0.5) is 16.4 Å². The number of hydrogen-bond acceptors (Lipinski definition) is 3. The van der Waals surface area contributed by atoms with E-state index in [-0.39, 0.29) is 5.88 Å². The number of imidazole rings is 1. The number of rotatable bonds is 2. The average molecular weight is 293 g/mol. The van der Waals surface area contributed by atoms with Gasteiger partial charge in [0.05, 0.1) is 5.69 Å². The number of anilines is 2. The van der Waals surface area contributed by atoms with Gasteiger partial charge in [0, 0.05) is 17.3 Å². The SMILES string of the molecule is O=C(Nc1cccc(Cl)c1)Nc1nc(O)c2n1CCC2. The Balaban J connectivity index is 1.72. The molecule has 6 nitrogen and oxygen atoms in total. The molecule has 1 aliphatic rings. The fourth-order valence-electron chi connectivity index (χ4n) is 2.29. The van der Waals surface area contributed by atoms with E-state index >= 15 is 0 Å². The number of halogens is 1. The minimum Gasteiger partial charge on any atom is -0.492 e. The molecule has 104 valence electrons. The van der Waals surface area contributed by atoms with Gasteiger partial charge in [0.25, 0.3) is 0 Å². The maximum atomic E-state index is 11.9. The third kappa shape index (κ3) is 2.42. The number of fused-ring (bicyclic) bond motifs is 1. The lowest BCUT2D eigenvalue weighted by molar-refractivity contribution is 0.262. The Hall–Kier alpha value is -2.21. The molecule has 2 aromatic rings. The Morgan fingerprint density at radius 3 is 3.05 bits per heavy atom. The van der Waals surface area contributed by atoms with Crippen molar-refractivity contribution < 1.29 is 9.90 Å². The fraction of sp³-hybridized carbons (Fsp3) is 0.231. The molecule has 1 aliphatic heterocycles. The van der Waals surface area contributed by atoms with Crippen LogP contribution in [0, 0.1) is 0 Å². The van der Waals surface area contributed by atoms with Gasteiger partial charge in [-0.1, -0.05) is 17.7 Å². The molecule has 0 aliphatic carbocycles. The molecule has 3 rings (SSSR count). The first-order chi connectivity index (χ1) is 9.63. The minimum absolute atomic E-state index is 0.0134. The highest BCUT2D eigenvalue weighted by Gasteiger charge is 2.22. The predicted molar refractivity (Wildman–Crippen MR) is 76.3 cm³/mol. The highest BCUT2D eigenvalue weighted by Crippen LogP contribution is 2.28. The lowest BCUT2D eigenvalue weighted by Crippen LogP contribution is -2.21. The molecule has 2 heterocycles. The molecule has 3 N–H and O–H groups in total. The lowest BCUT2D eigenvalue weighted by atomic mass is 10.3. The quantitative estimate of drug-likeness (QED) is 0.796. The van der Waals surface area contributed by atoms with E-state index in [1.165, 1.54) is 0 Å². The molecule has 20 heavy (non-hydrogen) atoms. The number of nitrogens with zero attached hydrogens (tertiary/aromatic N) is 2. The van der Waals surface area contributed by atoms with Crippen molar-refractivity contribution in [2.75, 3.05) is 10.6 Å². The molecule has 0 saturated heterocycles. The molecular weight excluding hydrogens is 280 g/mol. The van der Waals surface area contributed by atoms with Gasteiger partial charge in [0.1, 0.15) is 0 Å². The summed E-state index contributed by atoms with van der Waals surface area (Å²) in [4.78, 5) is 15.9. The summed E-state index contributed by atoms with van der Waals surface area (Å²) < 4.78 is 1.81. The number of hydrogen-bond donors (Lipinski definition) is 3. The molecule has 0 fully saturated rings. The molecule has 0 spiro atoms. The van der Waals surface area contributed by atoms with E-state index in [9.17, 15) is 9.90 Å². The van der Waals surface area contributed by atoms with Gasteiger partial charge < -0.3 is 15.0 Å². The second-order valence-corrected chi connectivity index (χ2v) is 4.99. The third-order valence-electron chi connectivity index (χ3n) is 3.15. The van der Waals surface area contributed by atoms with Crippen molar-refractivity contribution in [2.45, 2.75) is 19.4 Å². The summed E-state index contributed by atoms with van der Waals surface area (Å²) in [5.41, 5.74) is 1.36. The highest BCUT2D eigenvalue weighted by atomic mass is 35.5. The number of urea groups is 1. The topological polar surface area (TPSA) is 79.2 Å². The van der Waals surface area contributed by atoms with Crippen LogP contribution >= 0.6 is 11.6 Å². The molecule has 7 heteroatoms. The number of carbonyl (C=O) groups excluding carboxylic acids is 1. The Morgan fingerprint density at radius 1 is 1.40 bits per heavy atom. The molecule has 0 saturated carbocycles. The zero-order valence-corrected chi connectivity index (χ0v) is 11.3. The van der Waals surface area contributed by atoms with E-state index in [1.54, 1.807) is 24.3 Å². The van der Waals surface area contributed by atoms with Gasteiger partial charge in [-0.05, 0) is 31.0 Å². The van der Waals surface area contributed by atoms with Crippen molar-refractivity contribution in [3.05, 3.63) is 35.0 Å². The summed E-state index contributed by atoms with van der Waals surface area (Å²) in [5, 5.41) is 15.5. The maximum Gasteiger partial charge on any atom is 0.326 e. The molecule has 0 atom stereocenters. The summed E-state index contributed by atoms with van der Waals surface area (Å²) in [6.45, 7) is 0.746. The Morgan fingerprint density at radius 2 is 2.25 bits per heavy atom. The monoisotopic (exact) mass is 292 g/mol. The summed E-state index contributed by atoms with van der Waals surface area (Å²) in [6.07, 6.45) is 1.71. The summed E-state index contributed by atoms with van der Waals surface area (Å²) in [6, 6.07) is 6.43. The van der Waals surface area contributed by atoms with Crippen molar-refractivity contribution in [1.29, 1.82) is 0 Å². The van der Waals surface area contributed by atoms with Gasteiger partial charge in [-0.3, -0.25) is 5.32 Å². The van der Waals surface area contributed by atoms with Gasteiger partial charge >= 0.3 is 6.03 Å². The molecule has 0 unspecified atom stereocenters. The number of aromatic nitrogens is 2. The van der Waals surface area contributed by atoms with Gasteiger partial charge in [0.2, 0.25) is 11.8 Å². The maximum absolute atomic E-state index is 11.9. The Labute approximate surface area is 120 Å². The predicted octanol–water partition coefficient (Wildman–Crippen LogP) is 2.83. The van der Waals surface area contributed by atoms with Crippen LogP contribution in [0.3, 0.4) is 0 Å².